The van der Waals surface area contributed by atoms with Crippen molar-refractivity contribution in [1.29, 1.82) is 0 Å². The van der Waals surface area contributed by atoms with E-state index in [1.807, 2.05) is 43.3 Å². The number of rotatable bonds is 10. The normalized spacial score (nSPS) is 13.5. The number of fused-ring (bicyclic) bond motifs is 3. The van der Waals surface area contributed by atoms with Gasteiger partial charge in [0.25, 0.3) is 0 Å². The average Bonchev–Trinajstić information content (AvgIpc) is 3.09. The Hall–Kier alpha value is -3.35. The monoisotopic (exact) mass is 452 g/mol. The van der Waals surface area contributed by atoms with Gasteiger partial charge >= 0.3 is 12.1 Å². The topological polar surface area (TPSA) is 105 Å². The maximum absolute atomic E-state index is 12.8. The zero-order valence-electron chi connectivity index (χ0n) is 19.4. The van der Waals surface area contributed by atoms with E-state index in [4.69, 9.17) is 9.84 Å². The maximum atomic E-state index is 12.8. The second-order valence-corrected chi connectivity index (χ2v) is 9.08. The summed E-state index contributed by atoms with van der Waals surface area (Å²) >= 11 is 0. The number of aliphatic carboxylic acids is 1. The summed E-state index contributed by atoms with van der Waals surface area (Å²) in [5.74, 6) is -1.32. The Balaban J connectivity index is 1.61. The Labute approximate surface area is 194 Å². The third-order valence-electron chi connectivity index (χ3n) is 5.96. The molecule has 1 aliphatic rings. The van der Waals surface area contributed by atoms with Crippen molar-refractivity contribution in [1.82, 2.24) is 10.6 Å². The summed E-state index contributed by atoms with van der Waals surface area (Å²) in [6.07, 6.45) is 0.736. The number of carboxylic acid groups (broad SMARTS) is 1. The smallest absolute Gasteiger partial charge is 0.407 e. The molecule has 0 spiro atoms. The number of alkyl carbamates (subject to hydrolysis) is 1. The summed E-state index contributed by atoms with van der Waals surface area (Å²) in [5, 5.41) is 14.4. The van der Waals surface area contributed by atoms with Crippen LogP contribution in [0.4, 0.5) is 4.79 Å². The van der Waals surface area contributed by atoms with Gasteiger partial charge in [-0.1, -0.05) is 61.9 Å². The number of ether oxygens (including phenoxy) is 1. The highest BCUT2D eigenvalue weighted by Crippen LogP contribution is 2.44. The Morgan fingerprint density at radius 3 is 2.15 bits per heavy atom. The molecule has 0 saturated heterocycles. The van der Waals surface area contributed by atoms with Crippen LogP contribution >= 0.6 is 0 Å². The first-order chi connectivity index (χ1) is 15.7. The van der Waals surface area contributed by atoms with Crippen LogP contribution in [-0.4, -0.2) is 41.3 Å². The van der Waals surface area contributed by atoms with Crippen molar-refractivity contribution in [3.8, 4) is 11.1 Å². The lowest BCUT2D eigenvalue weighted by Gasteiger charge is -2.28. The van der Waals surface area contributed by atoms with E-state index in [0.29, 0.717) is 12.8 Å². The summed E-state index contributed by atoms with van der Waals surface area (Å²) in [4.78, 5) is 36.3. The van der Waals surface area contributed by atoms with E-state index >= 15 is 0 Å². The molecular formula is C26H32N2O5. The molecule has 2 aromatic rings. The largest absolute Gasteiger partial charge is 0.481 e. The molecule has 2 aromatic carbocycles. The highest BCUT2D eigenvalue weighted by molar-refractivity contribution is 5.86. The van der Waals surface area contributed by atoms with Gasteiger partial charge in [0.2, 0.25) is 5.91 Å². The molecule has 1 atom stereocenters. The van der Waals surface area contributed by atoms with E-state index in [-0.39, 0.29) is 31.3 Å². The van der Waals surface area contributed by atoms with Crippen LogP contribution in [-0.2, 0) is 14.3 Å². The molecule has 3 N–H and O–H groups in total. The summed E-state index contributed by atoms with van der Waals surface area (Å²) in [6.45, 7) is 5.63. The SMILES string of the molecule is CCC[C@@H](NC(=O)OCC1c2ccccc2-c2ccccc21)C(=O)NC(C)(C)CCC(=O)O. The number of carbonyl (C=O) groups excluding carboxylic acids is 2. The molecule has 7 nitrogen and oxygen atoms in total. The van der Waals surface area contributed by atoms with Crippen molar-refractivity contribution in [3.63, 3.8) is 0 Å². The van der Waals surface area contributed by atoms with E-state index in [1.54, 1.807) is 13.8 Å². The fourth-order valence-corrected chi connectivity index (χ4v) is 4.24. The van der Waals surface area contributed by atoms with Gasteiger partial charge in [-0.15, -0.1) is 0 Å². The van der Waals surface area contributed by atoms with Crippen LogP contribution < -0.4 is 10.6 Å². The van der Waals surface area contributed by atoms with Crippen molar-refractivity contribution in [2.75, 3.05) is 6.61 Å². The van der Waals surface area contributed by atoms with E-state index in [9.17, 15) is 14.4 Å². The number of benzene rings is 2. The highest BCUT2D eigenvalue weighted by Gasteiger charge is 2.30. The van der Waals surface area contributed by atoms with Gasteiger partial charge in [0.15, 0.2) is 0 Å². The van der Waals surface area contributed by atoms with E-state index < -0.39 is 23.6 Å². The maximum Gasteiger partial charge on any atom is 0.407 e. The molecule has 0 radical (unpaired) electrons. The van der Waals surface area contributed by atoms with Crippen molar-refractivity contribution >= 4 is 18.0 Å². The van der Waals surface area contributed by atoms with Crippen molar-refractivity contribution in [2.45, 2.75) is 64.0 Å². The molecule has 1 aliphatic carbocycles. The standard InChI is InChI=1S/C26H32N2O5/c1-4-9-22(24(31)28-26(2,3)15-14-23(29)30)27-25(32)33-16-21-19-12-7-5-10-17(19)18-11-6-8-13-20(18)21/h5-8,10-13,21-22H,4,9,14-16H2,1-3H3,(H,27,32)(H,28,31)(H,29,30)/t22-/m1/s1. The number of hydrogen-bond donors (Lipinski definition) is 3. The molecular weight excluding hydrogens is 420 g/mol. The number of carboxylic acids is 1. The molecule has 0 aromatic heterocycles. The van der Waals surface area contributed by atoms with Crippen LogP contribution in [0.15, 0.2) is 48.5 Å². The summed E-state index contributed by atoms with van der Waals surface area (Å²) in [5.41, 5.74) is 3.83. The molecule has 176 valence electrons. The molecule has 7 heteroatoms. The van der Waals surface area contributed by atoms with Crippen molar-refractivity contribution < 1.29 is 24.2 Å². The predicted molar refractivity (Wildman–Crippen MR) is 126 cm³/mol. The molecule has 2 amide bonds. The molecule has 0 heterocycles. The number of amides is 2. The zero-order chi connectivity index (χ0) is 24.0. The summed E-state index contributed by atoms with van der Waals surface area (Å²) in [6, 6.07) is 15.4. The minimum atomic E-state index is -0.917. The van der Waals surface area contributed by atoms with Crippen LogP contribution in [0.25, 0.3) is 11.1 Å². The molecule has 0 fully saturated rings. The average molecular weight is 453 g/mol. The van der Waals surface area contributed by atoms with Crippen LogP contribution in [0.3, 0.4) is 0 Å². The lowest BCUT2D eigenvalue weighted by Crippen LogP contribution is -2.53. The van der Waals surface area contributed by atoms with Gasteiger partial charge in [0.05, 0.1) is 0 Å². The van der Waals surface area contributed by atoms with Gasteiger partial charge < -0.3 is 20.5 Å². The Morgan fingerprint density at radius 1 is 1.03 bits per heavy atom. The highest BCUT2D eigenvalue weighted by atomic mass is 16.5. The molecule has 0 saturated carbocycles. The molecule has 0 bridgehead atoms. The van der Waals surface area contributed by atoms with E-state index in [1.165, 1.54) is 0 Å². The van der Waals surface area contributed by atoms with Gasteiger partial charge in [0, 0.05) is 17.9 Å². The van der Waals surface area contributed by atoms with Crippen molar-refractivity contribution in [2.24, 2.45) is 0 Å². The van der Waals surface area contributed by atoms with Crippen LogP contribution in [0, 0.1) is 0 Å². The van der Waals surface area contributed by atoms with Gasteiger partial charge in [0.1, 0.15) is 12.6 Å². The van der Waals surface area contributed by atoms with Gasteiger partial charge in [-0.25, -0.2) is 4.79 Å². The predicted octanol–water partition coefficient (Wildman–Crippen LogP) is 4.45. The number of carbonyl (C=O) groups is 3. The zero-order valence-corrected chi connectivity index (χ0v) is 19.4. The first-order valence-electron chi connectivity index (χ1n) is 11.4. The summed E-state index contributed by atoms with van der Waals surface area (Å²) in [7, 11) is 0. The number of hydrogen-bond acceptors (Lipinski definition) is 4. The Bertz CT molecular complexity index is 972. The van der Waals surface area contributed by atoms with Gasteiger partial charge in [-0.3, -0.25) is 9.59 Å². The molecule has 0 aliphatic heterocycles. The minimum absolute atomic E-state index is 0.0501. The number of nitrogens with one attached hydrogen (secondary N) is 2. The fraction of sp³-hybridized carbons (Fsp3) is 0.423. The first kappa shape index (κ1) is 24.3. The second kappa shape index (κ2) is 10.5. The quantitative estimate of drug-likeness (QED) is 0.494. The van der Waals surface area contributed by atoms with E-state index in [0.717, 1.165) is 22.3 Å². The third-order valence-corrected chi connectivity index (χ3v) is 5.96. The van der Waals surface area contributed by atoms with Crippen LogP contribution in [0.1, 0.15) is 63.5 Å². The lowest BCUT2D eigenvalue weighted by molar-refractivity contribution is -0.138. The third kappa shape index (κ3) is 6.12. The van der Waals surface area contributed by atoms with Gasteiger partial charge in [-0.05, 0) is 48.9 Å². The Kier molecular flexibility index (Phi) is 7.74. The second-order valence-electron chi connectivity index (χ2n) is 9.08. The minimum Gasteiger partial charge on any atom is -0.481 e. The van der Waals surface area contributed by atoms with Crippen LogP contribution in [0.2, 0.25) is 0 Å². The van der Waals surface area contributed by atoms with Crippen LogP contribution in [0.5, 0.6) is 0 Å². The molecule has 33 heavy (non-hydrogen) atoms. The lowest BCUT2D eigenvalue weighted by atomic mass is 9.97. The fourth-order valence-electron chi connectivity index (χ4n) is 4.24. The summed E-state index contributed by atoms with van der Waals surface area (Å²) < 4.78 is 5.57. The molecule has 0 unspecified atom stereocenters. The van der Waals surface area contributed by atoms with Gasteiger partial charge in [-0.2, -0.15) is 0 Å². The Morgan fingerprint density at radius 2 is 1.61 bits per heavy atom. The molecule has 3 rings (SSSR count). The van der Waals surface area contributed by atoms with Crippen molar-refractivity contribution in [3.05, 3.63) is 59.7 Å². The van der Waals surface area contributed by atoms with E-state index in [2.05, 4.69) is 22.8 Å². The first-order valence-corrected chi connectivity index (χ1v) is 11.4.